The van der Waals surface area contributed by atoms with Crippen LogP contribution in [0.25, 0.3) is 0 Å². The Morgan fingerprint density at radius 3 is 2.22 bits per heavy atom. The maximum atomic E-state index is 13.6. The van der Waals surface area contributed by atoms with E-state index >= 15 is 0 Å². The van der Waals surface area contributed by atoms with Crippen LogP contribution in [0, 0.1) is 12.3 Å². The van der Waals surface area contributed by atoms with Gasteiger partial charge in [-0.05, 0) is 52.2 Å². The second-order valence-corrected chi connectivity index (χ2v) is 9.12. The Labute approximate surface area is 188 Å². The third kappa shape index (κ3) is 4.47. The molecule has 0 aliphatic heterocycles. The second kappa shape index (κ2) is 8.89. The number of benzene rings is 2. The summed E-state index contributed by atoms with van der Waals surface area (Å²) in [5.41, 5.74) is 0.252. The average Bonchev–Trinajstić information content (AvgIpc) is 2.75. The molecule has 0 spiro atoms. The first-order valence-corrected chi connectivity index (χ1v) is 10.6. The highest BCUT2D eigenvalue weighted by atomic mass is 19.2. The van der Waals surface area contributed by atoms with Gasteiger partial charge in [-0.2, -0.15) is 0 Å². The van der Waals surface area contributed by atoms with Gasteiger partial charge in [0.05, 0.1) is 22.4 Å². The van der Waals surface area contributed by atoms with E-state index in [9.17, 15) is 18.2 Å². The van der Waals surface area contributed by atoms with Gasteiger partial charge < -0.3 is 9.97 Å². The van der Waals surface area contributed by atoms with Crippen molar-refractivity contribution in [3.8, 4) is 0 Å². The van der Waals surface area contributed by atoms with E-state index in [1.165, 1.54) is 13.8 Å². The molecule has 0 heterocycles. The number of aryl methyl sites for hydroxylation is 1. The summed E-state index contributed by atoms with van der Waals surface area (Å²) in [6, 6.07) is 16.5. The number of carbonyl (C=O) groups excluding carboxylic acids is 2. The summed E-state index contributed by atoms with van der Waals surface area (Å²) >= 11 is 0. The smallest absolute Gasteiger partial charge is 0.507 e. The summed E-state index contributed by atoms with van der Waals surface area (Å²) < 4.78 is 31.4. The van der Waals surface area contributed by atoms with E-state index in [1.54, 1.807) is 6.92 Å². The van der Waals surface area contributed by atoms with E-state index in [0.717, 1.165) is 16.7 Å². The van der Waals surface area contributed by atoms with Crippen LogP contribution >= 0.6 is 0 Å². The predicted octanol–water partition coefficient (Wildman–Crippen LogP) is 5.32. The van der Waals surface area contributed by atoms with Gasteiger partial charge in [0.1, 0.15) is 5.76 Å². The van der Waals surface area contributed by atoms with Crippen LogP contribution in [-0.4, -0.2) is 19.2 Å². The fourth-order valence-corrected chi connectivity index (χ4v) is 4.44. The fourth-order valence-electron chi connectivity index (χ4n) is 4.44. The van der Waals surface area contributed by atoms with Gasteiger partial charge in [0.25, 0.3) is 5.91 Å². The first kappa shape index (κ1) is 23.7. The van der Waals surface area contributed by atoms with Crippen LogP contribution in [0.4, 0.5) is 8.63 Å². The summed E-state index contributed by atoms with van der Waals surface area (Å²) in [5, 5.41) is 2.89. The minimum atomic E-state index is -3.14. The van der Waals surface area contributed by atoms with Crippen molar-refractivity contribution in [3.05, 3.63) is 82.6 Å². The lowest BCUT2D eigenvalue weighted by atomic mass is 9.60. The minimum Gasteiger partial charge on any atom is -0.507 e. The van der Waals surface area contributed by atoms with Gasteiger partial charge in [-0.1, -0.05) is 60.2 Å². The first-order valence-electron chi connectivity index (χ1n) is 10.6. The molecule has 1 N–H and O–H groups in total. The van der Waals surface area contributed by atoms with Crippen LogP contribution in [0.15, 0.2) is 65.9 Å². The quantitative estimate of drug-likeness (QED) is 0.620. The number of hydrogen-bond donors (Lipinski definition) is 1. The summed E-state index contributed by atoms with van der Waals surface area (Å²) in [4.78, 5) is 26.9. The van der Waals surface area contributed by atoms with Gasteiger partial charge >= 0.3 is 7.47 Å². The SMILES string of the molecule is Cc1ccc([C@]2(C)CC(C(=O)N[C@@H](C)c3ccccc3)=C(OB(F)F)C(C)(C)C2=O)cc1. The third-order valence-corrected chi connectivity index (χ3v) is 6.26. The molecule has 4 nitrogen and oxygen atoms in total. The Balaban J connectivity index is 2.06. The monoisotopic (exact) mass is 439 g/mol. The standard InChI is InChI=1S/C25H28BF2NO3/c1-16-11-13-19(14-12-16)25(5)15-20(21(32-26(27)28)24(3,4)23(25)31)22(30)29-17(2)18-9-7-6-8-10-18/h6-14,17H,15H2,1-5H3,(H,29,30)/t17-,25-/m0/s1. The third-order valence-electron chi connectivity index (χ3n) is 6.26. The number of nitrogens with one attached hydrogen (secondary N) is 1. The normalized spacial score (nSPS) is 21.2. The summed E-state index contributed by atoms with van der Waals surface area (Å²) in [5.74, 6) is -1.05. The van der Waals surface area contributed by atoms with E-state index in [0.29, 0.717) is 0 Å². The molecule has 168 valence electrons. The van der Waals surface area contributed by atoms with Crippen LogP contribution < -0.4 is 5.32 Å². The van der Waals surface area contributed by atoms with E-state index in [-0.39, 0.29) is 29.6 Å². The van der Waals surface area contributed by atoms with Crippen molar-refractivity contribution in [2.24, 2.45) is 5.41 Å². The van der Waals surface area contributed by atoms with Crippen molar-refractivity contribution in [1.82, 2.24) is 5.32 Å². The van der Waals surface area contributed by atoms with E-state index < -0.39 is 24.2 Å². The molecule has 0 radical (unpaired) electrons. The van der Waals surface area contributed by atoms with E-state index in [2.05, 4.69) is 5.32 Å². The summed E-state index contributed by atoms with van der Waals surface area (Å²) in [6.07, 6.45) is -0.0340. The molecule has 3 rings (SSSR count). The van der Waals surface area contributed by atoms with Crippen molar-refractivity contribution in [1.29, 1.82) is 0 Å². The Morgan fingerprint density at radius 2 is 1.66 bits per heavy atom. The van der Waals surface area contributed by atoms with E-state index in [1.807, 2.05) is 68.4 Å². The van der Waals surface area contributed by atoms with Crippen LogP contribution in [0.2, 0.25) is 0 Å². The molecule has 7 heteroatoms. The molecule has 0 unspecified atom stereocenters. The number of allylic oxidation sites excluding steroid dienone is 1. The fraction of sp³-hybridized carbons (Fsp3) is 0.360. The largest absolute Gasteiger partial charge is 0.796 e. The maximum Gasteiger partial charge on any atom is 0.796 e. The molecule has 2 aromatic carbocycles. The van der Waals surface area contributed by atoms with Gasteiger partial charge in [-0.3, -0.25) is 9.59 Å². The van der Waals surface area contributed by atoms with Crippen molar-refractivity contribution in [2.75, 3.05) is 0 Å². The van der Waals surface area contributed by atoms with Gasteiger partial charge in [-0.25, -0.2) is 8.63 Å². The molecule has 0 saturated heterocycles. The van der Waals surface area contributed by atoms with Gasteiger partial charge in [-0.15, -0.1) is 0 Å². The number of hydrogen-bond acceptors (Lipinski definition) is 3. The average molecular weight is 439 g/mol. The van der Waals surface area contributed by atoms with Crippen molar-refractivity contribution in [3.63, 3.8) is 0 Å². The summed E-state index contributed by atoms with van der Waals surface area (Å²) in [6.45, 7) is 8.59. The maximum absolute atomic E-state index is 13.6. The molecule has 0 aromatic heterocycles. The highest BCUT2D eigenvalue weighted by Crippen LogP contribution is 2.48. The lowest BCUT2D eigenvalue weighted by Gasteiger charge is -2.43. The number of Topliss-reactive ketones (excluding diaryl/α,β-unsaturated/α-hetero) is 1. The zero-order valence-electron chi connectivity index (χ0n) is 19.0. The highest BCUT2D eigenvalue weighted by Gasteiger charge is 2.53. The molecular formula is C25H28BF2NO3. The number of amides is 1. The van der Waals surface area contributed by atoms with Gasteiger partial charge in [0.15, 0.2) is 5.78 Å². The Morgan fingerprint density at radius 1 is 1.06 bits per heavy atom. The topological polar surface area (TPSA) is 55.4 Å². The molecule has 0 saturated carbocycles. The number of carbonyl (C=O) groups is 2. The Hall–Kier alpha value is -2.96. The lowest BCUT2D eigenvalue weighted by molar-refractivity contribution is -0.133. The zero-order chi connectivity index (χ0) is 23.7. The number of halogens is 2. The van der Waals surface area contributed by atoms with Crippen molar-refractivity contribution < 1.29 is 22.9 Å². The Kier molecular flexibility index (Phi) is 6.58. The summed E-state index contributed by atoms with van der Waals surface area (Å²) in [7, 11) is -3.14. The molecule has 1 aliphatic carbocycles. The minimum absolute atomic E-state index is 0.0340. The van der Waals surface area contributed by atoms with Crippen LogP contribution in [-0.2, 0) is 19.7 Å². The molecule has 1 aliphatic rings. The van der Waals surface area contributed by atoms with Crippen LogP contribution in [0.3, 0.4) is 0 Å². The van der Waals surface area contributed by atoms with Crippen LogP contribution in [0.1, 0.15) is 56.8 Å². The van der Waals surface area contributed by atoms with E-state index in [4.69, 9.17) is 4.65 Å². The van der Waals surface area contributed by atoms with Crippen molar-refractivity contribution in [2.45, 2.75) is 52.5 Å². The molecule has 2 atom stereocenters. The molecule has 0 fully saturated rings. The lowest BCUT2D eigenvalue weighted by Crippen LogP contribution is -2.50. The van der Waals surface area contributed by atoms with Crippen LogP contribution in [0.5, 0.6) is 0 Å². The number of rotatable bonds is 6. The van der Waals surface area contributed by atoms with Gasteiger partial charge in [0.2, 0.25) is 0 Å². The molecule has 0 bridgehead atoms. The second-order valence-electron chi connectivity index (χ2n) is 9.12. The van der Waals surface area contributed by atoms with Gasteiger partial charge in [0, 0.05) is 0 Å². The highest BCUT2D eigenvalue weighted by molar-refractivity contribution is 6.35. The van der Waals surface area contributed by atoms with Crippen molar-refractivity contribution >= 4 is 19.2 Å². The molecule has 1 amide bonds. The number of ketones is 1. The zero-order valence-corrected chi connectivity index (χ0v) is 19.0. The molecular weight excluding hydrogens is 411 g/mol. The first-order chi connectivity index (χ1) is 15.0. The Bertz CT molecular complexity index is 1030. The molecule has 2 aromatic rings. The predicted molar refractivity (Wildman–Crippen MR) is 121 cm³/mol. The molecule has 32 heavy (non-hydrogen) atoms.